The van der Waals surface area contributed by atoms with Crippen LogP contribution in [0.25, 0.3) is 11.3 Å². The van der Waals surface area contributed by atoms with Crippen LogP contribution < -0.4 is 4.74 Å². The van der Waals surface area contributed by atoms with Crippen LogP contribution in [0.2, 0.25) is 0 Å². The van der Waals surface area contributed by atoms with Crippen molar-refractivity contribution in [3.8, 4) is 17.1 Å². The smallest absolute Gasteiger partial charge is 0.345 e. The van der Waals surface area contributed by atoms with Gasteiger partial charge in [0, 0.05) is 11.6 Å². The first-order chi connectivity index (χ1) is 11.1. The lowest BCUT2D eigenvalue weighted by Crippen LogP contribution is -2.11. The second-order valence-electron chi connectivity index (χ2n) is 5.33. The molecule has 0 aliphatic rings. The van der Waals surface area contributed by atoms with Crippen LogP contribution in [0.1, 0.15) is 21.5 Å². The van der Waals surface area contributed by atoms with Crippen LogP contribution in [0, 0.1) is 13.8 Å². The van der Waals surface area contributed by atoms with Gasteiger partial charge in [-0.1, -0.05) is 48.0 Å². The molecule has 0 bridgehead atoms. The third-order valence-electron chi connectivity index (χ3n) is 3.55. The first-order valence-electron chi connectivity index (χ1n) is 7.32. The monoisotopic (exact) mass is 304 g/mol. The Morgan fingerprint density at radius 3 is 2.26 bits per heavy atom. The van der Waals surface area contributed by atoms with Crippen LogP contribution >= 0.6 is 0 Å². The minimum Gasteiger partial charge on any atom is -0.402 e. The van der Waals surface area contributed by atoms with Crippen molar-refractivity contribution >= 4 is 5.97 Å². The maximum absolute atomic E-state index is 12.1. The molecule has 0 atom stereocenters. The van der Waals surface area contributed by atoms with E-state index in [4.69, 9.17) is 4.74 Å². The van der Waals surface area contributed by atoms with Crippen LogP contribution in [-0.4, -0.2) is 16.2 Å². The number of rotatable bonds is 3. The van der Waals surface area contributed by atoms with E-state index in [1.807, 2.05) is 50.2 Å². The number of carbonyl (C=O) groups is 1. The number of hydrogen-bond donors (Lipinski definition) is 0. The quantitative estimate of drug-likeness (QED) is 0.687. The van der Waals surface area contributed by atoms with Crippen molar-refractivity contribution in [3.05, 3.63) is 77.4 Å². The average molecular weight is 304 g/mol. The van der Waals surface area contributed by atoms with Gasteiger partial charge in [-0.05, 0) is 31.5 Å². The molecule has 4 heteroatoms. The highest BCUT2D eigenvalue weighted by atomic mass is 16.5. The van der Waals surface area contributed by atoms with Crippen molar-refractivity contribution in [1.82, 2.24) is 10.2 Å². The fourth-order valence-electron chi connectivity index (χ4n) is 2.20. The van der Waals surface area contributed by atoms with Gasteiger partial charge in [-0.2, -0.15) is 0 Å². The molecule has 0 spiro atoms. The van der Waals surface area contributed by atoms with Crippen molar-refractivity contribution in [2.24, 2.45) is 0 Å². The molecule has 0 amide bonds. The molecule has 0 aliphatic carbocycles. The van der Waals surface area contributed by atoms with Crippen LogP contribution in [0.15, 0.2) is 60.7 Å². The third kappa shape index (κ3) is 3.43. The SMILES string of the molecule is Cc1ccc(-c2ccc(OC(=O)c3ccccc3C)nn2)cc1. The zero-order chi connectivity index (χ0) is 16.2. The van der Waals surface area contributed by atoms with Crippen molar-refractivity contribution in [1.29, 1.82) is 0 Å². The van der Waals surface area contributed by atoms with Crippen LogP contribution in [0.4, 0.5) is 0 Å². The molecule has 0 aliphatic heterocycles. The second-order valence-corrected chi connectivity index (χ2v) is 5.33. The fourth-order valence-corrected chi connectivity index (χ4v) is 2.20. The Kier molecular flexibility index (Phi) is 4.15. The Bertz CT molecular complexity index is 825. The molecule has 0 N–H and O–H groups in total. The van der Waals surface area contributed by atoms with Crippen molar-refractivity contribution < 1.29 is 9.53 Å². The zero-order valence-electron chi connectivity index (χ0n) is 13.0. The van der Waals surface area contributed by atoms with Gasteiger partial charge < -0.3 is 4.74 Å². The Morgan fingerprint density at radius 2 is 1.61 bits per heavy atom. The van der Waals surface area contributed by atoms with Crippen LogP contribution in [-0.2, 0) is 0 Å². The van der Waals surface area contributed by atoms with E-state index in [-0.39, 0.29) is 5.88 Å². The molecule has 2 aromatic carbocycles. The summed E-state index contributed by atoms with van der Waals surface area (Å²) in [5.41, 5.74) is 4.28. The lowest BCUT2D eigenvalue weighted by Gasteiger charge is -2.06. The summed E-state index contributed by atoms with van der Waals surface area (Å²) in [6.45, 7) is 3.90. The molecule has 0 fully saturated rings. The fraction of sp³-hybridized carbons (Fsp3) is 0.105. The van der Waals surface area contributed by atoms with E-state index >= 15 is 0 Å². The predicted molar refractivity (Wildman–Crippen MR) is 88.3 cm³/mol. The first kappa shape index (κ1) is 14.9. The second kappa shape index (κ2) is 6.40. The molecular formula is C19H16N2O2. The third-order valence-corrected chi connectivity index (χ3v) is 3.55. The van der Waals surface area contributed by atoms with Gasteiger partial charge in [-0.3, -0.25) is 0 Å². The number of nitrogens with zero attached hydrogens (tertiary/aromatic N) is 2. The number of esters is 1. The lowest BCUT2D eigenvalue weighted by molar-refractivity contribution is 0.0725. The number of ether oxygens (including phenoxy) is 1. The van der Waals surface area contributed by atoms with E-state index in [2.05, 4.69) is 10.2 Å². The molecule has 0 saturated heterocycles. The van der Waals surface area contributed by atoms with E-state index in [0.29, 0.717) is 5.56 Å². The highest BCUT2D eigenvalue weighted by Gasteiger charge is 2.12. The Labute approximate surface area is 134 Å². The van der Waals surface area contributed by atoms with Gasteiger partial charge in [0.05, 0.1) is 11.3 Å². The van der Waals surface area contributed by atoms with Gasteiger partial charge in [0.1, 0.15) is 0 Å². The maximum atomic E-state index is 12.1. The molecule has 23 heavy (non-hydrogen) atoms. The number of hydrogen-bond acceptors (Lipinski definition) is 4. The van der Waals surface area contributed by atoms with Gasteiger partial charge in [-0.15, -0.1) is 10.2 Å². The molecule has 4 nitrogen and oxygen atoms in total. The summed E-state index contributed by atoms with van der Waals surface area (Å²) >= 11 is 0. The standard InChI is InChI=1S/C19H16N2O2/c1-13-7-9-15(10-8-13)17-11-12-18(21-20-17)23-19(22)16-6-4-3-5-14(16)2/h3-12H,1-2H3. The van der Waals surface area contributed by atoms with Crippen LogP contribution in [0.5, 0.6) is 5.88 Å². The maximum Gasteiger partial charge on any atom is 0.345 e. The summed E-state index contributed by atoms with van der Waals surface area (Å²) < 4.78 is 5.28. The van der Waals surface area contributed by atoms with Gasteiger partial charge in [0.2, 0.25) is 5.88 Å². The summed E-state index contributed by atoms with van der Waals surface area (Å²) in [7, 11) is 0. The van der Waals surface area contributed by atoms with E-state index in [1.165, 1.54) is 5.56 Å². The van der Waals surface area contributed by atoms with Gasteiger partial charge in [0.25, 0.3) is 0 Å². The zero-order valence-corrected chi connectivity index (χ0v) is 13.0. The summed E-state index contributed by atoms with van der Waals surface area (Å²) in [5, 5.41) is 8.10. The van der Waals surface area contributed by atoms with Gasteiger partial charge in [-0.25, -0.2) is 4.79 Å². The average Bonchev–Trinajstić information content (AvgIpc) is 2.57. The highest BCUT2D eigenvalue weighted by molar-refractivity contribution is 5.92. The van der Waals surface area contributed by atoms with Gasteiger partial charge >= 0.3 is 5.97 Å². The van der Waals surface area contributed by atoms with Crippen molar-refractivity contribution in [2.75, 3.05) is 0 Å². The molecule has 114 valence electrons. The van der Waals surface area contributed by atoms with Gasteiger partial charge in [0.15, 0.2) is 0 Å². The Hall–Kier alpha value is -3.01. The normalized spacial score (nSPS) is 10.3. The molecule has 0 unspecified atom stereocenters. The summed E-state index contributed by atoms with van der Waals surface area (Å²) in [5.74, 6) is -0.241. The minimum atomic E-state index is -0.430. The molecule has 1 heterocycles. The molecule has 0 radical (unpaired) electrons. The topological polar surface area (TPSA) is 52.1 Å². The molecule has 0 saturated carbocycles. The van der Waals surface area contributed by atoms with E-state index in [0.717, 1.165) is 16.8 Å². The largest absolute Gasteiger partial charge is 0.402 e. The Balaban J connectivity index is 1.76. The number of benzene rings is 2. The molecule has 3 rings (SSSR count). The summed E-state index contributed by atoms with van der Waals surface area (Å²) in [6.07, 6.45) is 0. The van der Waals surface area contributed by atoms with E-state index < -0.39 is 5.97 Å². The first-order valence-corrected chi connectivity index (χ1v) is 7.32. The molecule has 3 aromatic rings. The van der Waals surface area contributed by atoms with Crippen LogP contribution in [0.3, 0.4) is 0 Å². The van der Waals surface area contributed by atoms with E-state index in [9.17, 15) is 4.79 Å². The number of carbonyl (C=O) groups excluding carboxylic acids is 1. The summed E-state index contributed by atoms with van der Waals surface area (Å²) in [4.78, 5) is 12.1. The van der Waals surface area contributed by atoms with E-state index in [1.54, 1.807) is 24.3 Å². The van der Waals surface area contributed by atoms with Crippen molar-refractivity contribution in [3.63, 3.8) is 0 Å². The number of aromatic nitrogens is 2. The Morgan fingerprint density at radius 1 is 0.870 bits per heavy atom. The molecular weight excluding hydrogens is 288 g/mol. The predicted octanol–water partition coefficient (Wildman–Crippen LogP) is 3.98. The summed E-state index contributed by atoms with van der Waals surface area (Å²) in [6, 6.07) is 18.7. The molecule has 1 aromatic heterocycles. The lowest BCUT2D eigenvalue weighted by atomic mass is 10.1. The highest BCUT2D eigenvalue weighted by Crippen LogP contribution is 2.19. The number of aryl methyl sites for hydroxylation is 2. The van der Waals surface area contributed by atoms with Crippen molar-refractivity contribution in [2.45, 2.75) is 13.8 Å². The minimum absolute atomic E-state index is 0.189.